The predicted molar refractivity (Wildman–Crippen MR) is 68.7 cm³/mol. The van der Waals surface area contributed by atoms with Crippen molar-refractivity contribution in [3.05, 3.63) is 28.3 Å². The number of rotatable bonds is 4. The van der Waals surface area contributed by atoms with E-state index in [0.717, 1.165) is 29.7 Å². The van der Waals surface area contributed by atoms with Crippen LogP contribution in [-0.2, 0) is 4.79 Å². The number of carboxylic acid groups (broad SMARTS) is 1. The number of nitrogens with one attached hydrogen (secondary N) is 1. The van der Waals surface area contributed by atoms with Crippen molar-refractivity contribution in [2.75, 3.05) is 11.9 Å². The van der Waals surface area contributed by atoms with Gasteiger partial charge in [0, 0.05) is 6.54 Å². The lowest BCUT2D eigenvalue weighted by Gasteiger charge is -2.16. The summed E-state index contributed by atoms with van der Waals surface area (Å²) in [6.45, 7) is 4.41. The Balaban J connectivity index is 2.12. The summed E-state index contributed by atoms with van der Waals surface area (Å²) in [6, 6.07) is 3.92. The average molecular weight is 254 g/mol. The molecule has 0 heterocycles. The van der Waals surface area contributed by atoms with Crippen molar-refractivity contribution in [3.63, 3.8) is 0 Å². The van der Waals surface area contributed by atoms with E-state index < -0.39 is 11.4 Å². The van der Waals surface area contributed by atoms with Gasteiger partial charge < -0.3 is 10.4 Å². The van der Waals surface area contributed by atoms with Crippen molar-refractivity contribution < 1.29 is 9.90 Å². The fourth-order valence-electron chi connectivity index (χ4n) is 2.01. The lowest BCUT2D eigenvalue weighted by molar-refractivity contribution is -0.142. The zero-order valence-corrected chi connectivity index (χ0v) is 10.8. The first-order valence-corrected chi connectivity index (χ1v) is 6.06. The number of aliphatic carboxylic acids is 1. The van der Waals surface area contributed by atoms with Crippen LogP contribution in [0.4, 0.5) is 5.69 Å². The Hall–Kier alpha value is -1.22. The predicted octanol–water partition coefficient (Wildman–Crippen LogP) is 3.23. The fourth-order valence-corrected chi connectivity index (χ4v) is 2.40. The van der Waals surface area contributed by atoms with Crippen LogP contribution in [0.15, 0.2) is 12.1 Å². The smallest absolute Gasteiger partial charge is 0.311 e. The molecule has 1 saturated carbocycles. The van der Waals surface area contributed by atoms with Crippen molar-refractivity contribution >= 4 is 23.3 Å². The van der Waals surface area contributed by atoms with Crippen LogP contribution in [-0.4, -0.2) is 17.6 Å². The summed E-state index contributed by atoms with van der Waals surface area (Å²) >= 11 is 6.15. The van der Waals surface area contributed by atoms with Crippen molar-refractivity contribution in [2.45, 2.75) is 26.7 Å². The molecule has 0 amide bonds. The van der Waals surface area contributed by atoms with Crippen LogP contribution in [0.3, 0.4) is 0 Å². The number of carbonyl (C=O) groups is 1. The molecule has 1 aromatic rings. The first-order valence-electron chi connectivity index (χ1n) is 5.69. The van der Waals surface area contributed by atoms with Crippen LogP contribution in [0.25, 0.3) is 0 Å². The maximum atomic E-state index is 11.1. The first kappa shape index (κ1) is 12.2. The highest BCUT2D eigenvalue weighted by atomic mass is 35.5. The molecule has 0 aliphatic heterocycles. The van der Waals surface area contributed by atoms with Crippen molar-refractivity contribution in [1.29, 1.82) is 0 Å². The van der Waals surface area contributed by atoms with Crippen LogP contribution in [0.1, 0.15) is 24.0 Å². The minimum atomic E-state index is -0.717. The summed E-state index contributed by atoms with van der Waals surface area (Å²) in [7, 11) is 0. The zero-order chi connectivity index (χ0) is 12.6. The van der Waals surface area contributed by atoms with Gasteiger partial charge in [0.25, 0.3) is 0 Å². The van der Waals surface area contributed by atoms with Gasteiger partial charge in [-0.05, 0) is 43.9 Å². The summed E-state index contributed by atoms with van der Waals surface area (Å²) in [5, 5.41) is 12.9. The van der Waals surface area contributed by atoms with Crippen LogP contribution in [0.2, 0.25) is 5.02 Å². The van der Waals surface area contributed by atoms with Crippen LogP contribution in [0.5, 0.6) is 0 Å². The highest BCUT2D eigenvalue weighted by Crippen LogP contribution is 2.46. The molecule has 0 atom stereocenters. The Morgan fingerprint density at radius 1 is 1.47 bits per heavy atom. The van der Waals surface area contributed by atoms with E-state index in [-0.39, 0.29) is 0 Å². The monoisotopic (exact) mass is 253 g/mol. The number of hydrogen-bond donors (Lipinski definition) is 2. The number of anilines is 1. The van der Waals surface area contributed by atoms with Crippen molar-refractivity contribution in [3.8, 4) is 0 Å². The third-order valence-corrected chi connectivity index (χ3v) is 3.64. The molecule has 0 saturated heterocycles. The molecule has 17 heavy (non-hydrogen) atoms. The molecule has 1 aliphatic carbocycles. The van der Waals surface area contributed by atoms with E-state index in [2.05, 4.69) is 5.32 Å². The topological polar surface area (TPSA) is 49.3 Å². The second kappa shape index (κ2) is 4.22. The molecule has 92 valence electrons. The summed E-state index contributed by atoms with van der Waals surface area (Å²) in [5.74, 6) is -0.717. The van der Waals surface area contributed by atoms with Gasteiger partial charge in [-0.25, -0.2) is 0 Å². The number of benzene rings is 1. The highest BCUT2D eigenvalue weighted by molar-refractivity contribution is 6.33. The van der Waals surface area contributed by atoms with Gasteiger partial charge in [0.2, 0.25) is 0 Å². The quantitative estimate of drug-likeness (QED) is 0.866. The molecule has 0 radical (unpaired) electrons. The summed E-state index contributed by atoms with van der Waals surface area (Å²) in [5.41, 5.74) is 2.44. The third kappa shape index (κ3) is 2.39. The number of hydrogen-bond acceptors (Lipinski definition) is 2. The molecule has 4 heteroatoms. The zero-order valence-electron chi connectivity index (χ0n) is 10.0. The second-order valence-corrected chi connectivity index (χ2v) is 5.28. The Bertz CT molecular complexity index is 443. The minimum absolute atomic E-state index is 0.450. The largest absolute Gasteiger partial charge is 0.481 e. The maximum Gasteiger partial charge on any atom is 0.311 e. The molecule has 1 fully saturated rings. The van der Waals surface area contributed by atoms with Crippen LogP contribution < -0.4 is 5.32 Å². The molecule has 0 spiro atoms. The standard InChI is InChI=1S/C13H16ClNO2/c1-8-5-9(2)11(10(14)6-8)15-7-13(3-4-13)12(16)17/h5-6,15H,3-4,7H2,1-2H3,(H,16,17). The second-order valence-electron chi connectivity index (χ2n) is 4.88. The lowest BCUT2D eigenvalue weighted by Crippen LogP contribution is -2.24. The van der Waals surface area contributed by atoms with Gasteiger partial charge in [-0.3, -0.25) is 4.79 Å². The molecular weight excluding hydrogens is 238 g/mol. The van der Waals surface area contributed by atoms with E-state index in [1.165, 1.54) is 0 Å². The lowest BCUT2D eigenvalue weighted by atomic mass is 10.1. The average Bonchev–Trinajstić information content (AvgIpc) is 2.96. The molecule has 0 aromatic heterocycles. The minimum Gasteiger partial charge on any atom is -0.481 e. The van der Waals surface area contributed by atoms with Gasteiger partial charge in [0.1, 0.15) is 0 Å². The van der Waals surface area contributed by atoms with Gasteiger partial charge in [0.15, 0.2) is 0 Å². The van der Waals surface area contributed by atoms with Crippen molar-refractivity contribution in [1.82, 2.24) is 0 Å². The number of halogens is 1. The van der Waals surface area contributed by atoms with Gasteiger partial charge in [0.05, 0.1) is 16.1 Å². The summed E-state index contributed by atoms with van der Waals surface area (Å²) in [6.07, 6.45) is 1.50. The first-order chi connectivity index (χ1) is 7.94. The van der Waals surface area contributed by atoms with Gasteiger partial charge in [-0.15, -0.1) is 0 Å². The molecular formula is C13H16ClNO2. The number of aryl methyl sites for hydroxylation is 2. The Labute approximate surface area is 106 Å². The Morgan fingerprint density at radius 3 is 2.59 bits per heavy atom. The molecule has 3 nitrogen and oxygen atoms in total. The van der Waals surface area contributed by atoms with E-state index in [0.29, 0.717) is 11.6 Å². The Kier molecular flexibility index (Phi) is 3.04. The molecule has 2 rings (SSSR count). The molecule has 2 N–H and O–H groups in total. The fraction of sp³-hybridized carbons (Fsp3) is 0.462. The molecule has 0 unspecified atom stereocenters. The van der Waals surface area contributed by atoms with Crippen LogP contribution in [0, 0.1) is 19.3 Å². The van der Waals surface area contributed by atoms with Crippen LogP contribution >= 0.6 is 11.6 Å². The molecule has 1 aromatic carbocycles. The normalized spacial score (nSPS) is 16.6. The SMILES string of the molecule is Cc1cc(C)c(NCC2(C(=O)O)CC2)c(Cl)c1. The van der Waals surface area contributed by atoms with Gasteiger partial charge in [-0.1, -0.05) is 17.7 Å². The Morgan fingerprint density at radius 2 is 2.12 bits per heavy atom. The van der Waals surface area contributed by atoms with Crippen molar-refractivity contribution in [2.24, 2.45) is 5.41 Å². The van der Waals surface area contributed by atoms with E-state index in [1.54, 1.807) is 0 Å². The molecule has 0 bridgehead atoms. The summed E-state index contributed by atoms with van der Waals surface area (Å²) < 4.78 is 0. The molecule has 1 aliphatic rings. The third-order valence-electron chi connectivity index (χ3n) is 3.34. The highest BCUT2D eigenvalue weighted by Gasteiger charge is 2.50. The van der Waals surface area contributed by atoms with Gasteiger partial charge >= 0.3 is 5.97 Å². The summed E-state index contributed by atoms with van der Waals surface area (Å²) in [4.78, 5) is 11.1. The van der Waals surface area contributed by atoms with E-state index >= 15 is 0 Å². The van der Waals surface area contributed by atoms with E-state index in [1.807, 2.05) is 26.0 Å². The number of carboxylic acids is 1. The van der Waals surface area contributed by atoms with Gasteiger partial charge in [-0.2, -0.15) is 0 Å². The van der Waals surface area contributed by atoms with E-state index in [9.17, 15) is 4.79 Å². The maximum absolute atomic E-state index is 11.1. The van der Waals surface area contributed by atoms with E-state index in [4.69, 9.17) is 16.7 Å².